The summed E-state index contributed by atoms with van der Waals surface area (Å²) >= 11 is 3.65. The van der Waals surface area contributed by atoms with Crippen molar-refractivity contribution in [2.45, 2.75) is 6.92 Å². The van der Waals surface area contributed by atoms with Crippen molar-refractivity contribution in [2.75, 3.05) is 24.5 Å². The molecule has 1 fully saturated rings. The number of fused-ring (bicyclic) bond motifs is 2. The highest BCUT2D eigenvalue weighted by molar-refractivity contribution is 9.10. The van der Waals surface area contributed by atoms with Gasteiger partial charge in [0, 0.05) is 35.8 Å². The van der Waals surface area contributed by atoms with Crippen molar-refractivity contribution in [1.82, 2.24) is 24.9 Å². The molecule has 4 aromatic rings. The first kappa shape index (κ1) is 17.1. The van der Waals surface area contributed by atoms with E-state index in [4.69, 9.17) is 4.98 Å². The number of halogens is 1. The van der Waals surface area contributed by atoms with Crippen LogP contribution in [0.15, 0.2) is 47.2 Å². The second kappa shape index (κ2) is 6.56. The average Bonchev–Trinajstić information content (AvgIpc) is 3.14. The number of anilines is 1. The number of nitrogens with zero attached hydrogens (tertiary/aromatic N) is 5. The normalized spacial score (nSPS) is 14.6. The molecule has 0 saturated carbocycles. The standard InChI is InChI=1S/C20H17BrN6O/c1-12-18(21)20(26-7-6-22-17(28)11-26)25-19-15(10-24-27(12)19)14-8-13-4-2-3-5-16(13)23-9-14/h2-5,8-10H,6-7,11H2,1H3,(H,22,28). The molecular formula is C20H17BrN6O. The summed E-state index contributed by atoms with van der Waals surface area (Å²) in [6.45, 7) is 3.61. The molecule has 28 heavy (non-hydrogen) atoms. The van der Waals surface area contributed by atoms with Crippen LogP contribution in [-0.2, 0) is 4.79 Å². The summed E-state index contributed by atoms with van der Waals surface area (Å²) in [5, 5.41) is 8.46. The minimum absolute atomic E-state index is 0.00457. The quantitative estimate of drug-likeness (QED) is 0.522. The van der Waals surface area contributed by atoms with Crippen LogP contribution in [0.2, 0.25) is 0 Å². The van der Waals surface area contributed by atoms with Gasteiger partial charge in [0.1, 0.15) is 5.82 Å². The molecule has 3 aromatic heterocycles. The predicted octanol–water partition coefficient (Wildman–Crippen LogP) is 2.95. The zero-order valence-electron chi connectivity index (χ0n) is 15.2. The molecule has 5 rings (SSSR count). The summed E-state index contributed by atoms with van der Waals surface area (Å²) in [4.78, 5) is 23.3. The van der Waals surface area contributed by atoms with Crippen LogP contribution in [0.1, 0.15) is 5.69 Å². The summed E-state index contributed by atoms with van der Waals surface area (Å²) < 4.78 is 2.67. The van der Waals surface area contributed by atoms with E-state index in [0.717, 1.165) is 43.7 Å². The largest absolute Gasteiger partial charge is 0.353 e. The van der Waals surface area contributed by atoms with Gasteiger partial charge in [0.15, 0.2) is 5.65 Å². The van der Waals surface area contributed by atoms with Crippen molar-refractivity contribution in [3.63, 3.8) is 0 Å². The van der Waals surface area contributed by atoms with E-state index in [9.17, 15) is 4.79 Å². The van der Waals surface area contributed by atoms with Gasteiger partial charge in [-0.15, -0.1) is 0 Å². The molecule has 0 radical (unpaired) electrons. The van der Waals surface area contributed by atoms with Crippen LogP contribution in [0.3, 0.4) is 0 Å². The fourth-order valence-corrected chi connectivity index (χ4v) is 4.06. The van der Waals surface area contributed by atoms with Gasteiger partial charge in [0.05, 0.1) is 28.4 Å². The van der Waals surface area contributed by atoms with Crippen LogP contribution in [0.25, 0.3) is 27.7 Å². The van der Waals surface area contributed by atoms with Crippen molar-refractivity contribution < 1.29 is 4.79 Å². The minimum atomic E-state index is 0.00457. The lowest BCUT2D eigenvalue weighted by Gasteiger charge is -2.28. The maximum absolute atomic E-state index is 11.8. The highest BCUT2D eigenvalue weighted by Gasteiger charge is 2.23. The Kier molecular flexibility index (Phi) is 4.01. The van der Waals surface area contributed by atoms with Gasteiger partial charge in [-0.05, 0) is 35.0 Å². The smallest absolute Gasteiger partial charge is 0.239 e. The third-order valence-electron chi connectivity index (χ3n) is 5.03. The first-order valence-corrected chi connectivity index (χ1v) is 9.82. The molecule has 0 unspecified atom stereocenters. The third kappa shape index (κ3) is 2.72. The molecule has 1 N–H and O–H groups in total. The van der Waals surface area contributed by atoms with E-state index in [-0.39, 0.29) is 5.91 Å². The molecule has 1 aliphatic heterocycles. The van der Waals surface area contributed by atoms with Gasteiger partial charge in [0.2, 0.25) is 5.91 Å². The SMILES string of the molecule is Cc1c(Br)c(N2CCNC(=O)C2)nc2c(-c3cnc4ccccc4c3)cnn12. The molecular weight excluding hydrogens is 420 g/mol. The van der Waals surface area contributed by atoms with Gasteiger partial charge in [-0.1, -0.05) is 18.2 Å². The van der Waals surface area contributed by atoms with E-state index in [1.807, 2.05) is 53.0 Å². The number of para-hydroxylation sites is 1. The molecule has 1 saturated heterocycles. The van der Waals surface area contributed by atoms with Crippen molar-refractivity contribution in [2.24, 2.45) is 0 Å². The molecule has 4 heterocycles. The van der Waals surface area contributed by atoms with E-state index in [1.165, 1.54) is 0 Å². The van der Waals surface area contributed by atoms with Gasteiger partial charge < -0.3 is 10.2 Å². The number of amides is 1. The lowest BCUT2D eigenvalue weighted by atomic mass is 10.1. The Morgan fingerprint density at radius 3 is 2.93 bits per heavy atom. The maximum Gasteiger partial charge on any atom is 0.239 e. The Bertz CT molecular complexity index is 1230. The van der Waals surface area contributed by atoms with E-state index in [1.54, 1.807) is 0 Å². The molecule has 8 heteroatoms. The number of piperazine rings is 1. The van der Waals surface area contributed by atoms with Gasteiger partial charge in [0.25, 0.3) is 0 Å². The average molecular weight is 437 g/mol. The first-order chi connectivity index (χ1) is 13.6. The van der Waals surface area contributed by atoms with Crippen molar-refractivity contribution in [1.29, 1.82) is 0 Å². The van der Waals surface area contributed by atoms with E-state index < -0.39 is 0 Å². The maximum atomic E-state index is 11.8. The van der Waals surface area contributed by atoms with Crippen molar-refractivity contribution >= 4 is 44.2 Å². The van der Waals surface area contributed by atoms with Crippen LogP contribution in [0.5, 0.6) is 0 Å². The number of hydrogen-bond donors (Lipinski definition) is 1. The van der Waals surface area contributed by atoms with Gasteiger partial charge >= 0.3 is 0 Å². The van der Waals surface area contributed by atoms with Crippen LogP contribution in [0, 0.1) is 6.92 Å². The number of nitrogens with one attached hydrogen (secondary N) is 1. The Morgan fingerprint density at radius 2 is 2.07 bits per heavy atom. The molecule has 7 nitrogen and oxygen atoms in total. The number of pyridine rings is 1. The number of aryl methyl sites for hydroxylation is 1. The van der Waals surface area contributed by atoms with Crippen molar-refractivity contribution in [3.8, 4) is 11.1 Å². The lowest BCUT2D eigenvalue weighted by molar-refractivity contribution is -0.120. The summed E-state index contributed by atoms with van der Waals surface area (Å²) in [5.41, 5.74) is 4.51. The van der Waals surface area contributed by atoms with E-state index in [2.05, 4.69) is 37.4 Å². The topological polar surface area (TPSA) is 75.4 Å². The van der Waals surface area contributed by atoms with E-state index in [0.29, 0.717) is 19.6 Å². The zero-order chi connectivity index (χ0) is 19.3. The van der Waals surface area contributed by atoms with Crippen LogP contribution in [0.4, 0.5) is 5.82 Å². The molecule has 0 bridgehead atoms. The molecule has 1 aromatic carbocycles. The minimum Gasteiger partial charge on any atom is -0.353 e. The zero-order valence-corrected chi connectivity index (χ0v) is 16.8. The monoisotopic (exact) mass is 436 g/mol. The molecule has 0 spiro atoms. The summed E-state index contributed by atoms with van der Waals surface area (Å²) in [5.74, 6) is 0.764. The van der Waals surface area contributed by atoms with E-state index >= 15 is 0 Å². The highest BCUT2D eigenvalue weighted by atomic mass is 79.9. The van der Waals surface area contributed by atoms with Gasteiger partial charge in [-0.3, -0.25) is 9.78 Å². The second-order valence-corrected chi connectivity index (χ2v) is 7.61. The first-order valence-electron chi connectivity index (χ1n) is 9.02. The van der Waals surface area contributed by atoms with Gasteiger partial charge in [-0.25, -0.2) is 9.50 Å². The van der Waals surface area contributed by atoms with Crippen LogP contribution < -0.4 is 10.2 Å². The van der Waals surface area contributed by atoms with Gasteiger partial charge in [-0.2, -0.15) is 5.10 Å². The number of rotatable bonds is 2. The summed E-state index contributed by atoms with van der Waals surface area (Å²) in [6.07, 6.45) is 3.67. The fraction of sp³-hybridized carbons (Fsp3) is 0.200. The lowest BCUT2D eigenvalue weighted by Crippen LogP contribution is -2.48. The Labute approximate surface area is 169 Å². The molecule has 0 aliphatic carbocycles. The highest BCUT2D eigenvalue weighted by Crippen LogP contribution is 2.33. The van der Waals surface area contributed by atoms with Crippen LogP contribution >= 0.6 is 15.9 Å². The third-order valence-corrected chi connectivity index (χ3v) is 5.96. The molecule has 1 amide bonds. The Hall–Kier alpha value is -3.00. The number of carbonyl (C=O) groups is 1. The molecule has 1 aliphatic rings. The second-order valence-electron chi connectivity index (χ2n) is 6.82. The summed E-state index contributed by atoms with van der Waals surface area (Å²) in [7, 11) is 0. The fourth-order valence-electron chi connectivity index (χ4n) is 3.55. The Balaban J connectivity index is 1.68. The molecule has 0 atom stereocenters. The molecule has 140 valence electrons. The Morgan fingerprint density at radius 1 is 1.21 bits per heavy atom. The number of carbonyl (C=O) groups excluding carboxylic acids is 1. The number of hydrogen-bond acceptors (Lipinski definition) is 5. The van der Waals surface area contributed by atoms with Crippen molar-refractivity contribution in [3.05, 3.63) is 52.9 Å². The van der Waals surface area contributed by atoms with Crippen LogP contribution in [-0.4, -0.2) is 45.1 Å². The summed E-state index contributed by atoms with van der Waals surface area (Å²) in [6, 6.07) is 10.1. The predicted molar refractivity (Wildman–Crippen MR) is 111 cm³/mol. The number of benzene rings is 1. The number of aromatic nitrogens is 4.